The van der Waals surface area contributed by atoms with Gasteiger partial charge in [-0.1, -0.05) is 31.4 Å². The number of aryl methyl sites for hydroxylation is 1. The van der Waals surface area contributed by atoms with E-state index >= 15 is 0 Å². The number of hydrogen-bond acceptors (Lipinski definition) is 5. The molecule has 0 amide bonds. The van der Waals surface area contributed by atoms with Crippen molar-refractivity contribution in [3.63, 3.8) is 0 Å². The third-order valence-electron chi connectivity index (χ3n) is 5.86. The molecule has 1 aliphatic carbocycles. The Morgan fingerprint density at radius 1 is 1.21 bits per heavy atom. The van der Waals surface area contributed by atoms with Gasteiger partial charge in [0.15, 0.2) is 0 Å². The van der Waals surface area contributed by atoms with Gasteiger partial charge in [0.25, 0.3) is 0 Å². The molecular formula is C23H36N4O2. The minimum Gasteiger partial charge on any atom is -0.491 e. The van der Waals surface area contributed by atoms with E-state index in [0.717, 1.165) is 24.5 Å². The molecule has 0 aliphatic heterocycles. The summed E-state index contributed by atoms with van der Waals surface area (Å²) in [6.07, 6.45) is 7.87. The van der Waals surface area contributed by atoms with Crippen molar-refractivity contribution in [2.75, 3.05) is 27.2 Å². The van der Waals surface area contributed by atoms with Gasteiger partial charge in [0, 0.05) is 36.9 Å². The van der Waals surface area contributed by atoms with Gasteiger partial charge in [0.2, 0.25) is 0 Å². The van der Waals surface area contributed by atoms with Crippen LogP contribution in [-0.4, -0.2) is 64.5 Å². The van der Waals surface area contributed by atoms with E-state index in [1.165, 1.54) is 43.2 Å². The lowest BCUT2D eigenvalue weighted by atomic mass is 9.94. The standard InChI is InChI=1S/C23H36N4O2/c1-18-20(13-24-25-18)15-26(2)14-19-8-7-11-23(12-19)29-17-22(28)16-27(3)21-9-5-4-6-10-21/h7-8,11-13,21-22,28H,4-6,9-10,14-17H2,1-3H3,(H,24,25)/t22-/m1/s1. The highest BCUT2D eigenvalue weighted by atomic mass is 16.5. The van der Waals surface area contributed by atoms with Crippen LogP contribution in [0.25, 0.3) is 0 Å². The Bertz CT molecular complexity index is 742. The Hall–Kier alpha value is -1.89. The third-order valence-corrected chi connectivity index (χ3v) is 5.86. The summed E-state index contributed by atoms with van der Waals surface area (Å²) in [5, 5.41) is 17.5. The molecule has 1 aromatic heterocycles. The summed E-state index contributed by atoms with van der Waals surface area (Å²) in [7, 11) is 4.22. The number of aliphatic hydroxyl groups excluding tert-OH is 1. The monoisotopic (exact) mass is 400 g/mol. The first-order valence-corrected chi connectivity index (χ1v) is 10.8. The maximum absolute atomic E-state index is 10.4. The zero-order valence-electron chi connectivity index (χ0n) is 18.1. The molecule has 6 heteroatoms. The van der Waals surface area contributed by atoms with Gasteiger partial charge in [-0.3, -0.25) is 10.00 Å². The number of aliphatic hydroxyl groups is 1. The van der Waals surface area contributed by atoms with Crippen LogP contribution < -0.4 is 4.74 Å². The molecule has 2 aromatic rings. The van der Waals surface area contributed by atoms with Crippen LogP contribution >= 0.6 is 0 Å². The molecule has 0 bridgehead atoms. The van der Waals surface area contributed by atoms with Crippen molar-refractivity contribution in [2.24, 2.45) is 0 Å². The van der Waals surface area contributed by atoms with E-state index in [-0.39, 0.29) is 0 Å². The fraction of sp³-hybridized carbons (Fsp3) is 0.609. The van der Waals surface area contributed by atoms with Gasteiger partial charge in [0.05, 0.1) is 6.20 Å². The lowest BCUT2D eigenvalue weighted by Crippen LogP contribution is -2.40. The number of ether oxygens (including phenoxy) is 1. The fourth-order valence-corrected chi connectivity index (χ4v) is 4.18. The SMILES string of the molecule is Cc1[nH]ncc1CN(C)Cc1cccc(OC[C@H](O)CN(C)C2CCCCC2)c1. The number of rotatable bonds is 10. The van der Waals surface area contributed by atoms with E-state index in [9.17, 15) is 5.11 Å². The maximum atomic E-state index is 10.4. The minimum atomic E-state index is -0.475. The Kier molecular flexibility index (Phi) is 8.09. The third kappa shape index (κ3) is 6.84. The van der Waals surface area contributed by atoms with Crippen LogP contribution in [-0.2, 0) is 13.1 Å². The van der Waals surface area contributed by atoms with Gasteiger partial charge in [-0.05, 0) is 51.6 Å². The molecule has 6 nitrogen and oxygen atoms in total. The van der Waals surface area contributed by atoms with Crippen molar-refractivity contribution in [2.45, 2.75) is 64.3 Å². The molecule has 0 saturated heterocycles. The van der Waals surface area contributed by atoms with E-state index in [0.29, 0.717) is 19.2 Å². The van der Waals surface area contributed by atoms with Crippen LogP contribution in [0.1, 0.15) is 48.9 Å². The molecule has 0 radical (unpaired) electrons. The maximum Gasteiger partial charge on any atom is 0.119 e. The normalized spacial score (nSPS) is 16.5. The molecule has 3 rings (SSSR count). The molecule has 1 aliphatic rings. The zero-order valence-corrected chi connectivity index (χ0v) is 18.1. The number of nitrogens with one attached hydrogen (secondary N) is 1. The van der Waals surface area contributed by atoms with Crippen molar-refractivity contribution in [3.8, 4) is 5.75 Å². The van der Waals surface area contributed by atoms with E-state index < -0.39 is 6.10 Å². The van der Waals surface area contributed by atoms with E-state index in [1.807, 2.05) is 25.3 Å². The number of likely N-dealkylation sites (N-methyl/N-ethyl adjacent to an activating group) is 1. The first kappa shape index (κ1) is 21.8. The van der Waals surface area contributed by atoms with Crippen LogP contribution in [0.3, 0.4) is 0 Å². The fourth-order valence-electron chi connectivity index (χ4n) is 4.18. The molecule has 160 valence electrons. The van der Waals surface area contributed by atoms with E-state index in [1.54, 1.807) is 0 Å². The summed E-state index contributed by atoms with van der Waals surface area (Å²) in [6, 6.07) is 8.76. The number of benzene rings is 1. The van der Waals surface area contributed by atoms with Crippen LogP contribution in [0.5, 0.6) is 5.75 Å². The van der Waals surface area contributed by atoms with Crippen molar-refractivity contribution in [1.29, 1.82) is 0 Å². The molecule has 1 saturated carbocycles. The molecule has 1 fully saturated rings. The van der Waals surface area contributed by atoms with Crippen molar-refractivity contribution in [3.05, 3.63) is 47.3 Å². The topological polar surface area (TPSA) is 64.6 Å². The first-order valence-electron chi connectivity index (χ1n) is 10.8. The Morgan fingerprint density at radius 3 is 2.72 bits per heavy atom. The molecule has 1 heterocycles. The highest BCUT2D eigenvalue weighted by Crippen LogP contribution is 2.22. The van der Waals surface area contributed by atoms with Gasteiger partial charge in [0.1, 0.15) is 18.5 Å². The van der Waals surface area contributed by atoms with Crippen molar-refractivity contribution < 1.29 is 9.84 Å². The largest absolute Gasteiger partial charge is 0.491 e. The highest BCUT2D eigenvalue weighted by molar-refractivity contribution is 5.28. The average Bonchev–Trinajstić information content (AvgIpc) is 3.11. The summed E-state index contributed by atoms with van der Waals surface area (Å²) >= 11 is 0. The Morgan fingerprint density at radius 2 is 2.00 bits per heavy atom. The first-order chi connectivity index (χ1) is 14.0. The minimum absolute atomic E-state index is 0.324. The second-order valence-corrected chi connectivity index (χ2v) is 8.54. The van der Waals surface area contributed by atoms with Crippen molar-refractivity contribution in [1.82, 2.24) is 20.0 Å². The summed E-state index contributed by atoms with van der Waals surface area (Å²) in [5.74, 6) is 0.815. The Balaban J connectivity index is 1.44. The Labute approximate surface area is 174 Å². The molecule has 29 heavy (non-hydrogen) atoms. The van der Waals surface area contributed by atoms with Gasteiger partial charge in [-0.15, -0.1) is 0 Å². The van der Waals surface area contributed by atoms with Crippen LogP contribution in [0, 0.1) is 6.92 Å². The predicted molar refractivity (Wildman–Crippen MR) is 116 cm³/mol. The molecule has 1 atom stereocenters. The van der Waals surface area contributed by atoms with Crippen LogP contribution in [0.4, 0.5) is 0 Å². The van der Waals surface area contributed by atoms with Crippen molar-refractivity contribution >= 4 is 0 Å². The zero-order chi connectivity index (χ0) is 20.6. The number of aromatic amines is 1. The molecule has 2 N–H and O–H groups in total. The van der Waals surface area contributed by atoms with Gasteiger partial charge >= 0.3 is 0 Å². The number of hydrogen-bond donors (Lipinski definition) is 2. The number of nitrogens with zero attached hydrogens (tertiary/aromatic N) is 3. The summed E-state index contributed by atoms with van der Waals surface area (Å²) in [5.41, 5.74) is 3.52. The molecule has 1 aromatic carbocycles. The lowest BCUT2D eigenvalue weighted by Gasteiger charge is -2.32. The molecule has 0 unspecified atom stereocenters. The van der Waals surface area contributed by atoms with Gasteiger partial charge < -0.3 is 14.7 Å². The lowest BCUT2D eigenvalue weighted by molar-refractivity contribution is 0.0561. The predicted octanol–water partition coefficient (Wildman–Crippen LogP) is 3.35. The number of H-pyrrole nitrogens is 1. The quantitative estimate of drug-likeness (QED) is 0.640. The van der Waals surface area contributed by atoms with E-state index in [2.05, 4.69) is 46.2 Å². The summed E-state index contributed by atoms with van der Waals surface area (Å²) < 4.78 is 5.89. The van der Waals surface area contributed by atoms with E-state index in [4.69, 9.17) is 4.74 Å². The summed E-state index contributed by atoms with van der Waals surface area (Å²) in [4.78, 5) is 4.56. The summed E-state index contributed by atoms with van der Waals surface area (Å²) in [6.45, 7) is 4.71. The van der Waals surface area contributed by atoms with Gasteiger partial charge in [-0.2, -0.15) is 5.10 Å². The number of aromatic nitrogens is 2. The molecular weight excluding hydrogens is 364 g/mol. The average molecular weight is 401 g/mol. The molecule has 0 spiro atoms. The second-order valence-electron chi connectivity index (χ2n) is 8.54. The van der Waals surface area contributed by atoms with Crippen LogP contribution in [0.2, 0.25) is 0 Å². The second kappa shape index (κ2) is 10.8. The highest BCUT2D eigenvalue weighted by Gasteiger charge is 2.20. The van der Waals surface area contributed by atoms with Gasteiger partial charge in [-0.25, -0.2) is 0 Å². The smallest absolute Gasteiger partial charge is 0.119 e. The van der Waals surface area contributed by atoms with Crippen LogP contribution in [0.15, 0.2) is 30.5 Å².